The molecule has 0 spiro atoms. The summed E-state index contributed by atoms with van der Waals surface area (Å²) in [4.78, 5) is 23.3. The molecule has 8 heteroatoms. The third-order valence-corrected chi connectivity index (χ3v) is 4.03. The quantitative estimate of drug-likeness (QED) is 0.806. The van der Waals surface area contributed by atoms with Crippen LogP contribution in [0, 0.1) is 13.8 Å². The van der Waals surface area contributed by atoms with Gasteiger partial charge in [-0.3, -0.25) is 10.1 Å². The highest BCUT2D eigenvalue weighted by Crippen LogP contribution is 2.27. The molecule has 2 N–H and O–H groups in total. The first-order valence-electron chi connectivity index (χ1n) is 7.56. The molecule has 1 heterocycles. The summed E-state index contributed by atoms with van der Waals surface area (Å²) in [6.07, 6.45) is 0. The number of aryl methyl sites for hydroxylation is 2. The molecule has 1 aromatic carbocycles. The van der Waals surface area contributed by atoms with Crippen molar-refractivity contribution in [2.24, 2.45) is 0 Å². The molecule has 128 valence electrons. The zero-order valence-corrected chi connectivity index (χ0v) is 14.9. The van der Waals surface area contributed by atoms with Gasteiger partial charge in [-0.15, -0.1) is 10.2 Å². The predicted octanol–water partition coefficient (Wildman–Crippen LogP) is 2.68. The third-order valence-electron chi connectivity index (χ3n) is 3.10. The van der Waals surface area contributed by atoms with E-state index in [1.165, 1.54) is 0 Å². The molecule has 24 heavy (non-hydrogen) atoms. The Morgan fingerprint density at radius 2 is 1.88 bits per heavy atom. The van der Waals surface area contributed by atoms with E-state index in [4.69, 9.17) is 4.42 Å². The number of imide groups is 1. The van der Waals surface area contributed by atoms with E-state index in [1.54, 1.807) is 13.8 Å². The molecule has 0 fully saturated rings. The van der Waals surface area contributed by atoms with Gasteiger partial charge in [0.15, 0.2) is 0 Å². The second kappa shape index (κ2) is 7.96. The van der Waals surface area contributed by atoms with E-state index in [-0.39, 0.29) is 5.22 Å². The van der Waals surface area contributed by atoms with Gasteiger partial charge < -0.3 is 9.73 Å². The van der Waals surface area contributed by atoms with Crippen molar-refractivity contribution < 1.29 is 14.0 Å². The number of thioether (sulfide) groups is 1. The fraction of sp³-hybridized carbons (Fsp3) is 0.375. The smallest absolute Gasteiger partial charge is 0.321 e. The Labute approximate surface area is 144 Å². The van der Waals surface area contributed by atoms with Crippen molar-refractivity contribution in [3.05, 3.63) is 29.3 Å². The molecular weight excluding hydrogens is 328 g/mol. The number of hydrogen-bond donors (Lipinski definition) is 2. The second-order valence-corrected chi connectivity index (χ2v) is 6.65. The average Bonchev–Trinajstić information content (AvgIpc) is 2.95. The summed E-state index contributed by atoms with van der Waals surface area (Å²) in [5.41, 5.74) is 3.05. The molecular formula is C16H20N4O3S. The van der Waals surface area contributed by atoms with Crippen LogP contribution in [0.2, 0.25) is 0 Å². The highest BCUT2D eigenvalue weighted by molar-refractivity contribution is 8.00. The van der Waals surface area contributed by atoms with E-state index in [9.17, 15) is 9.59 Å². The maximum absolute atomic E-state index is 11.9. The zero-order valence-electron chi connectivity index (χ0n) is 14.0. The molecule has 0 aliphatic rings. The van der Waals surface area contributed by atoms with Crippen molar-refractivity contribution in [3.63, 3.8) is 0 Å². The van der Waals surface area contributed by atoms with Crippen LogP contribution < -0.4 is 10.6 Å². The van der Waals surface area contributed by atoms with Crippen LogP contribution in [0.5, 0.6) is 0 Å². The summed E-state index contributed by atoms with van der Waals surface area (Å²) in [6, 6.07) is 5.46. The van der Waals surface area contributed by atoms with E-state index in [2.05, 4.69) is 26.9 Å². The lowest BCUT2D eigenvalue weighted by Gasteiger charge is -2.08. The van der Waals surface area contributed by atoms with Crippen LogP contribution in [0.4, 0.5) is 4.79 Å². The number of benzene rings is 1. The SMILES string of the molecule is CCNC(=O)NC(=O)C(C)Sc1nnc(-c2cc(C)cc(C)c2)o1. The molecule has 3 amide bonds. The van der Waals surface area contributed by atoms with Crippen LogP contribution >= 0.6 is 11.8 Å². The fourth-order valence-electron chi connectivity index (χ4n) is 2.10. The molecule has 0 aliphatic heterocycles. The van der Waals surface area contributed by atoms with Crippen LogP contribution in [0.15, 0.2) is 27.8 Å². The van der Waals surface area contributed by atoms with Gasteiger partial charge in [0, 0.05) is 12.1 Å². The van der Waals surface area contributed by atoms with Gasteiger partial charge in [-0.1, -0.05) is 29.0 Å². The first-order chi connectivity index (χ1) is 11.4. The molecule has 0 saturated heterocycles. The van der Waals surface area contributed by atoms with Gasteiger partial charge in [-0.2, -0.15) is 0 Å². The molecule has 0 saturated carbocycles. The summed E-state index contributed by atoms with van der Waals surface area (Å²) in [5, 5.41) is 12.5. The second-order valence-electron chi connectivity index (χ2n) is 5.36. The molecule has 1 unspecified atom stereocenters. The minimum Gasteiger partial charge on any atom is -0.411 e. The fourth-order valence-corrected chi connectivity index (χ4v) is 2.78. The number of rotatable bonds is 5. The van der Waals surface area contributed by atoms with E-state index in [1.807, 2.05) is 26.0 Å². The van der Waals surface area contributed by atoms with Crippen LogP contribution in [0.3, 0.4) is 0 Å². The van der Waals surface area contributed by atoms with Crippen LogP contribution in [0.25, 0.3) is 11.5 Å². The number of hydrogen-bond acceptors (Lipinski definition) is 6. The lowest BCUT2D eigenvalue weighted by Crippen LogP contribution is -2.42. The standard InChI is InChI=1S/C16H20N4O3S/c1-5-17-15(22)18-13(21)11(4)24-16-20-19-14(23-16)12-7-9(2)6-10(3)8-12/h6-8,11H,5H2,1-4H3,(H2,17,18,21,22). The normalized spacial score (nSPS) is 11.8. The number of carbonyl (C=O) groups is 2. The van der Waals surface area contributed by atoms with Crippen molar-refractivity contribution in [1.82, 2.24) is 20.8 Å². The number of amides is 3. The minimum atomic E-state index is -0.542. The average molecular weight is 348 g/mol. The van der Waals surface area contributed by atoms with Gasteiger partial charge in [-0.05, 0) is 39.8 Å². The molecule has 7 nitrogen and oxygen atoms in total. The highest BCUT2D eigenvalue weighted by Gasteiger charge is 2.20. The Hall–Kier alpha value is -2.35. The topological polar surface area (TPSA) is 97.1 Å². The molecule has 0 radical (unpaired) electrons. The van der Waals surface area contributed by atoms with Crippen LogP contribution in [-0.2, 0) is 4.79 Å². The monoisotopic (exact) mass is 348 g/mol. The Kier molecular flexibility index (Phi) is 5.97. The van der Waals surface area contributed by atoms with E-state index in [0.29, 0.717) is 12.4 Å². The predicted molar refractivity (Wildman–Crippen MR) is 91.7 cm³/mol. The molecule has 0 aliphatic carbocycles. The number of urea groups is 1. The Bertz CT molecular complexity index is 724. The van der Waals surface area contributed by atoms with Crippen LogP contribution in [0.1, 0.15) is 25.0 Å². The summed E-state index contributed by atoms with van der Waals surface area (Å²) < 4.78 is 5.61. The lowest BCUT2D eigenvalue weighted by atomic mass is 10.1. The van der Waals surface area contributed by atoms with Gasteiger partial charge in [0.05, 0.1) is 5.25 Å². The molecule has 1 atom stereocenters. The van der Waals surface area contributed by atoms with E-state index in [0.717, 1.165) is 28.5 Å². The maximum Gasteiger partial charge on any atom is 0.321 e. The van der Waals surface area contributed by atoms with E-state index < -0.39 is 17.2 Å². The number of nitrogens with one attached hydrogen (secondary N) is 2. The first-order valence-corrected chi connectivity index (χ1v) is 8.44. The Morgan fingerprint density at radius 3 is 2.50 bits per heavy atom. The van der Waals surface area contributed by atoms with Gasteiger partial charge >= 0.3 is 6.03 Å². The summed E-state index contributed by atoms with van der Waals surface area (Å²) in [5.74, 6) is -0.0160. The van der Waals surface area contributed by atoms with Gasteiger partial charge in [0.25, 0.3) is 5.22 Å². The van der Waals surface area contributed by atoms with Crippen molar-refractivity contribution in [3.8, 4) is 11.5 Å². The van der Waals surface area contributed by atoms with Crippen molar-refractivity contribution >= 4 is 23.7 Å². The van der Waals surface area contributed by atoms with Crippen molar-refractivity contribution in [2.75, 3.05) is 6.54 Å². The summed E-state index contributed by atoms with van der Waals surface area (Å²) in [6.45, 7) is 7.88. The Balaban J connectivity index is 2.03. The summed E-state index contributed by atoms with van der Waals surface area (Å²) in [7, 11) is 0. The lowest BCUT2D eigenvalue weighted by molar-refractivity contribution is -0.119. The largest absolute Gasteiger partial charge is 0.411 e. The zero-order chi connectivity index (χ0) is 17.7. The van der Waals surface area contributed by atoms with Gasteiger partial charge in [-0.25, -0.2) is 4.79 Å². The van der Waals surface area contributed by atoms with Gasteiger partial charge in [0.2, 0.25) is 11.8 Å². The first kappa shape index (κ1) is 18.0. The third kappa shape index (κ3) is 4.82. The van der Waals surface area contributed by atoms with Crippen LogP contribution in [-0.4, -0.2) is 33.9 Å². The Morgan fingerprint density at radius 1 is 1.21 bits per heavy atom. The number of nitrogens with zero attached hydrogens (tertiary/aromatic N) is 2. The molecule has 2 rings (SSSR count). The summed E-state index contributed by atoms with van der Waals surface area (Å²) >= 11 is 1.10. The molecule has 1 aromatic heterocycles. The van der Waals surface area contributed by atoms with Crippen molar-refractivity contribution in [1.29, 1.82) is 0 Å². The number of aromatic nitrogens is 2. The molecule has 2 aromatic rings. The molecule has 0 bridgehead atoms. The minimum absolute atomic E-state index is 0.280. The maximum atomic E-state index is 11.9. The number of carbonyl (C=O) groups excluding carboxylic acids is 2. The van der Waals surface area contributed by atoms with E-state index >= 15 is 0 Å². The highest BCUT2D eigenvalue weighted by atomic mass is 32.2. The van der Waals surface area contributed by atoms with Gasteiger partial charge in [0.1, 0.15) is 0 Å². The van der Waals surface area contributed by atoms with Crippen molar-refractivity contribution in [2.45, 2.75) is 38.2 Å².